The average Bonchev–Trinajstić information content (AvgIpc) is 3.03. The van der Waals surface area contributed by atoms with E-state index in [9.17, 15) is 9.59 Å². The molecule has 0 amide bonds. The first-order valence-corrected chi connectivity index (χ1v) is 10.7. The van der Waals surface area contributed by atoms with E-state index in [0.29, 0.717) is 22.4 Å². The predicted octanol–water partition coefficient (Wildman–Crippen LogP) is 4.19. The van der Waals surface area contributed by atoms with Gasteiger partial charge in [0, 0.05) is 10.6 Å². The second-order valence-corrected chi connectivity index (χ2v) is 8.93. The number of thiophene rings is 1. The molecule has 27 heavy (non-hydrogen) atoms. The van der Waals surface area contributed by atoms with Crippen LogP contribution >= 0.6 is 23.1 Å². The number of aromatic amines is 1. The molecule has 0 fully saturated rings. The molecule has 0 saturated heterocycles. The first-order valence-electron chi connectivity index (χ1n) is 8.89. The predicted molar refractivity (Wildman–Crippen MR) is 109 cm³/mol. The van der Waals surface area contributed by atoms with Crippen LogP contribution in [0.2, 0.25) is 0 Å². The molecule has 0 bridgehead atoms. The molecule has 0 unspecified atom stereocenters. The van der Waals surface area contributed by atoms with Crippen molar-refractivity contribution >= 4 is 39.3 Å². The number of methoxy groups -OCH3 is 1. The van der Waals surface area contributed by atoms with Gasteiger partial charge >= 0.3 is 5.97 Å². The molecule has 0 radical (unpaired) electrons. The summed E-state index contributed by atoms with van der Waals surface area (Å²) >= 11 is 3.16. The fraction of sp³-hybridized carbons (Fsp3) is 0.350. The Bertz CT molecular complexity index is 1050. The van der Waals surface area contributed by atoms with E-state index in [1.54, 1.807) is 23.5 Å². The number of aromatic nitrogens is 2. The van der Waals surface area contributed by atoms with Crippen LogP contribution in [0.25, 0.3) is 10.2 Å². The zero-order chi connectivity index (χ0) is 19.0. The van der Waals surface area contributed by atoms with Crippen molar-refractivity contribution in [2.45, 2.75) is 37.1 Å². The van der Waals surface area contributed by atoms with Gasteiger partial charge in [0.2, 0.25) is 0 Å². The minimum absolute atomic E-state index is 0.0319. The maximum atomic E-state index is 12.6. The van der Waals surface area contributed by atoms with Gasteiger partial charge in [0.25, 0.3) is 5.56 Å². The van der Waals surface area contributed by atoms with Crippen molar-refractivity contribution in [3.05, 3.63) is 56.2 Å². The van der Waals surface area contributed by atoms with Crippen molar-refractivity contribution in [3.8, 4) is 0 Å². The van der Waals surface area contributed by atoms with Crippen molar-refractivity contribution in [1.29, 1.82) is 0 Å². The Morgan fingerprint density at radius 2 is 2.15 bits per heavy atom. The van der Waals surface area contributed by atoms with Gasteiger partial charge < -0.3 is 9.72 Å². The minimum atomic E-state index is -0.346. The Labute approximate surface area is 165 Å². The highest BCUT2D eigenvalue weighted by Crippen LogP contribution is 2.36. The number of fused-ring (bicyclic) bond motifs is 3. The molecule has 4 rings (SSSR count). The largest absolute Gasteiger partial charge is 0.465 e. The number of aryl methyl sites for hydroxylation is 1. The molecule has 1 N–H and O–H groups in total. The third kappa shape index (κ3) is 3.66. The number of H-pyrrole nitrogens is 1. The van der Waals surface area contributed by atoms with Crippen molar-refractivity contribution in [3.63, 3.8) is 0 Å². The van der Waals surface area contributed by atoms with Crippen molar-refractivity contribution < 1.29 is 9.53 Å². The number of nitrogens with zero attached hydrogens (tertiary/aromatic N) is 1. The van der Waals surface area contributed by atoms with Gasteiger partial charge in [-0.1, -0.05) is 30.8 Å². The number of hydrogen-bond acceptors (Lipinski definition) is 6. The van der Waals surface area contributed by atoms with Gasteiger partial charge in [-0.3, -0.25) is 4.79 Å². The van der Waals surface area contributed by atoms with E-state index in [1.165, 1.54) is 29.3 Å². The average molecular weight is 401 g/mol. The SMILES string of the molecule is COC(=O)c1ccc(CSc2nc3sc4c(c3c(=O)[nH]2)CC[C@@H](C)C4)cc1. The van der Waals surface area contributed by atoms with Gasteiger partial charge in [-0.15, -0.1) is 11.3 Å². The molecule has 0 aliphatic heterocycles. The summed E-state index contributed by atoms with van der Waals surface area (Å²) in [5, 5.41) is 1.42. The molecular formula is C20H20N2O3S2. The van der Waals surface area contributed by atoms with E-state index in [0.717, 1.165) is 35.0 Å². The quantitative estimate of drug-likeness (QED) is 0.404. The fourth-order valence-electron chi connectivity index (χ4n) is 3.40. The summed E-state index contributed by atoms with van der Waals surface area (Å²) in [5.41, 5.74) is 2.75. The van der Waals surface area contributed by atoms with Gasteiger partial charge in [0.1, 0.15) is 4.83 Å². The molecule has 5 nitrogen and oxygen atoms in total. The third-order valence-corrected chi connectivity index (χ3v) is 6.99. The van der Waals surface area contributed by atoms with Crippen LogP contribution in [0.3, 0.4) is 0 Å². The Morgan fingerprint density at radius 3 is 2.89 bits per heavy atom. The number of rotatable bonds is 4. The van der Waals surface area contributed by atoms with Crippen LogP contribution in [0.1, 0.15) is 39.7 Å². The maximum Gasteiger partial charge on any atom is 0.337 e. The van der Waals surface area contributed by atoms with Crippen molar-refractivity contribution in [1.82, 2.24) is 9.97 Å². The van der Waals surface area contributed by atoms with Crippen molar-refractivity contribution in [2.75, 3.05) is 7.11 Å². The number of benzene rings is 1. The van der Waals surface area contributed by atoms with E-state index in [2.05, 4.69) is 11.9 Å². The lowest BCUT2D eigenvalue weighted by atomic mass is 9.89. The molecule has 1 aliphatic carbocycles. The molecule has 1 aromatic carbocycles. The van der Waals surface area contributed by atoms with E-state index in [-0.39, 0.29) is 11.5 Å². The number of carbonyl (C=O) groups excluding carboxylic acids is 1. The number of hydrogen-bond donors (Lipinski definition) is 1. The van der Waals surface area contributed by atoms with Crippen LogP contribution in [-0.2, 0) is 23.3 Å². The molecule has 0 spiro atoms. The summed E-state index contributed by atoms with van der Waals surface area (Å²) < 4.78 is 4.71. The van der Waals surface area contributed by atoms with Gasteiger partial charge in [-0.05, 0) is 48.4 Å². The Kier molecular flexibility index (Phi) is 5.06. The summed E-state index contributed by atoms with van der Waals surface area (Å²) in [7, 11) is 1.37. The molecule has 0 saturated carbocycles. The monoisotopic (exact) mass is 400 g/mol. The molecule has 2 heterocycles. The first kappa shape index (κ1) is 18.3. The highest BCUT2D eigenvalue weighted by atomic mass is 32.2. The molecular weight excluding hydrogens is 380 g/mol. The van der Waals surface area contributed by atoms with Crippen LogP contribution in [0.5, 0.6) is 0 Å². The highest BCUT2D eigenvalue weighted by molar-refractivity contribution is 7.98. The zero-order valence-corrected chi connectivity index (χ0v) is 16.8. The molecule has 2 aromatic heterocycles. The second-order valence-electron chi connectivity index (χ2n) is 6.88. The third-order valence-electron chi connectivity index (χ3n) is 4.89. The summed E-state index contributed by atoms with van der Waals surface area (Å²) in [5.74, 6) is 0.992. The van der Waals surface area contributed by atoms with E-state index in [1.807, 2.05) is 12.1 Å². The molecule has 3 aromatic rings. The van der Waals surface area contributed by atoms with E-state index in [4.69, 9.17) is 9.72 Å². The number of ether oxygens (including phenoxy) is 1. The topological polar surface area (TPSA) is 72.0 Å². The summed E-state index contributed by atoms with van der Waals surface area (Å²) in [4.78, 5) is 33.9. The van der Waals surface area contributed by atoms with Crippen LogP contribution in [0.15, 0.2) is 34.2 Å². The van der Waals surface area contributed by atoms with Gasteiger partial charge in [0.15, 0.2) is 5.16 Å². The standard InChI is InChI=1S/C20H20N2O3S2/c1-11-3-8-14-15(9-11)27-18-16(14)17(23)21-20(22-18)26-10-12-4-6-13(7-5-12)19(24)25-2/h4-7,11H,3,8-10H2,1-2H3,(H,21,22,23)/t11-/m1/s1. The lowest BCUT2D eigenvalue weighted by Crippen LogP contribution is -2.13. The number of nitrogens with one attached hydrogen (secondary N) is 1. The zero-order valence-electron chi connectivity index (χ0n) is 15.2. The Morgan fingerprint density at radius 1 is 1.37 bits per heavy atom. The Balaban J connectivity index is 1.54. The summed E-state index contributed by atoms with van der Waals surface area (Å²) in [6, 6.07) is 7.27. The van der Waals surface area contributed by atoms with E-state index < -0.39 is 0 Å². The summed E-state index contributed by atoms with van der Waals surface area (Å²) in [6.45, 7) is 2.26. The van der Waals surface area contributed by atoms with Crippen LogP contribution in [0, 0.1) is 5.92 Å². The smallest absolute Gasteiger partial charge is 0.337 e. The number of carbonyl (C=O) groups is 1. The second kappa shape index (κ2) is 7.48. The van der Waals surface area contributed by atoms with Gasteiger partial charge in [0.05, 0.1) is 18.1 Å². The molecule has 1 atom stereocenters. The normalized spacial score (nSPS) is 16.3. The van der Waals surface area contributed by atoms with Crippen LogP contribution < -0.4 is 5.56 Å². The molecule has 140 valence electrons. The molecule has 7 heteroatoms. The van der Waals surface area contributed by atoms with Crippen LogP contribution in [0.4, 0.5) is 0 Å². The number of esters is 1. The Hall–Kier alpha value is -2.12. The lowest BCUT2D eigenvalue weighted by molar-refractivity contribution is 0.0600. The first-order chi connectivity index (χ1) is 13.0. The minimum Gasteiger partial charge on any atom is -0.465 e. The summed E-state index contributed by atoms with van der Waals surface area (Å²) in [6.07, 6.45) is 3.15. The van der Waals surface area contributed by atoms with Crippen molar-refractivity contribution in [2.24, 2.45) is 5.92 Å². The molecule has 1 aliphatic rings. The number of thioether (sulfide) groups is 1. The van der Waals surface area contributed by atoms with E-state index >= 15 is 0 Å². The lowest BCUT2D eigenvalue weighted by Gasteiger charge is -2.17. The fourth-order valence-corrected chi connectivity index (χ4v) is 5.66. The highest BCUT2D eigenvalue weighted by Gasteiger charge is 2.23. The maximum absolute atomic E-state index is 12.6. The van der Waals surface area contributed by atoms with Crippen LogP contribution in [-0.4, -0.2) is 23.0 Å². The van der Waals surface area contributed by atoms with Gasteiger partial charge in [-0.2, -0.15) is 0 Å². The van der Waals surface area contributed by atoms with Gasteiger partial charge in [-0.25, -0.2) is 9.78 Å².